The molecule has 19 heavy (non-hydrogen) atoms. The smallest absolute Gasteiger partial charge is 0.178 e. The van der Waals surface area contributed by atoms with Gasteiger partial charge in [0.15, 0.2) is 9.84 Å². The fourth-order valence-electron chi connectivity index (χ4n) is 2.27. The largest absolute Gasteiger partial charge is 0.396 e. The predicted molar refractivity (Wildman–Crippen MR) is 76.8 cm³/mol. The molecule has 0 aliphatic carbocycles. The molecule has 2 unspecified atom stereocenters. The van der Waals surface area contributed by atoms with Gasteiger partial charge in [0.2, 0.25) is 0 Å². The molecule has 0 heterocycles. The first-order chi connectivity index (χ1) is 8.83. The molecule has 2 atom stereocenters. The molecule has 5 heteroatoms. The molecule has 0 bridgehead atoms. The highest BCUT2D eigenvalue weighted by Crippen LogP contribution is 2.27. The average molecular weight is 285 g/mol. The third-order valence-electron chi connectivity index (χ3n) is 3.34. The summed E-state index contributed by atoms with van der Waals surface area (Å²) in [5, 5.41) is 9.31. The van der Waals surface area contributed by atoms with Crippen LogP contribution in [-0.4, -0.2) is 44.9 Å². The number of hydrogen-bond donors (Lipinski definition) is 1. The Balaban J connectivity index is 3.09. The second kappa shape index (κ2) is 6.50. The minimum Gasteiger partial charge on any atom is -0.396 e. The van der Waals surface area contributed by atoms with Crippen molar-refractivity contribution in [3.63, 3.8) is 0 Å². The van der Waals surface area contributed by atoms with Gasteiger partial charge in [0.05, 0.1) is 10.6 Å². The molecule has 0 spiro atoms. The lowest BCUT2D eigenvalue weighted by Gasteiger charge is -2.29. The van der Waals surface area contributed by atoms with Gasteiger partial charge in [0.25, 0.3) is 0 Å². The Morgan fingerprint density at radius 2 is 1.74 bits per heavy atom. The van der Waals surface area contributed by atoms with E-state index in [2.05, 4.69) is 0 Å². The molecule has 4 nitrogen and oxygen atoms in total. The van der Waals surface area contributed by atoms with Crippen LogP contribution in [-0.2, 0) is 9.84 Å². The number of aliphatic hydroxyl groups excluding tert-OH is 1. The van der Waals surface area contributed by atoms with Crippen molar-refractivity contribution in [2.24, 2.45) is 5.92 Å². The minimum atomic E-state index is -3.15. The maximum absolute atomic E-state index is 11.8. The Labute approximate surface area is 116 Å². The molecule has 108 valence electrons. The van der Waals surface area contributed by atoms with Gasteiger partial charge in [-0.3, -0.25) is 0 Å². The molecule has 0 fully saturated rings. The van der Waals surface area contributed by atoms with E-state index >= 15 is 0 Å². The maximum Gasteiger partial charge on any atom is 0.178 e. The van der Waals surface area contributed by atoms with Crippen molar-refractivity contribution in [1.82, 2.24) is 4.90 Å². The van der Waals surface area contributed by atoms with Crippen molar-refractivity contribution in [3.8, 4) is 0 Å². The van der Waals surface area contributed by atoms with E-state index in [1.165, 1.54) is 0 Å². The van der Waals surface area contributed by atoms with Crippen LogP contribution in [0.5, 0.6) is 0 Å². The van der Waals surface area contributed by atoms with Gasteiger partial charge in [0, 0.05) is 12.6 Å². The van der Waals surface area contributed by atoms with Gasteiger partial charge in [-0.2, -0.15) is 0 Å². The zero-order chi connectivity index (χ0) is 14.6. The van der Waals surface area contributed by atoms with Crippen LogP contribution in [0.2, 0.25) is 0 Å². The van der Waals surface area contributed by atoms with Crippen LogP contribution in [0, 0.1) is 5.92 Å². The van der Waals surface area contributed by atoms with Crippen LogP contribution >= 0.6 is 0 Å². The third-order valence-corrected chi connectivity index (χ3v) is 5.09. The van der Waals surface area contributed by atoms with Gasteiger partial charge < -0.3 is 10.0 Å². The standard InChI is InChI=1S/C14H23NO3S/c1-5-19(17,18)13-8-6-12(7-9-13)14(15(3)4)11(2)10-16/h6-9,11,14,16H,5,10H2,1-4H3. The highest BCUT2D eigenvalue weighted by Gasteiger charge is 2.21. The molecule has 1 N–H and O–H groups in total. The lowest BCUT2D eigenvalue weighted by Crippen LogP contribution is -2.27. The van der Waals surface area contributed by atoms with Crippen molar-refractivity contribution in [2.45, 2.75) is 24.8 Å². The predicted octanol–water partition coefficient (Wildman–Crippen LogP) is 1.71. The quantitative estimate of drug-likeness (QED) is 0.864. The molecule has 0 radical (unpaired) electrons. The summed E-state index contributed by atoms with van der Waals surface area (Å²) in [5.41, 5.74) is 1.02. The number of rotatable bonds is 6. The molecule has 0 aromatic heterocycles. The fraction of sp³-hybridized carbons (Fsp3) is 0.571. The number of benzene rings is 1. The van der Waals surface area contributed by atoms with Crippen molar-refractivity contribution in [1.29, 1.82) is 0 Å². The van der Waals surface area contributed by atoms with E-state index in [1.807, 2.05) is 38.1 Å². The zero-order valence-electron chi connectivity index (χ0n) is 12.0. The summed E-state index contributed by atoms with van der Waals surface area (Å²) in [5.74, 6) is 0.194. The van der Waals surface area contributed by atoms with Crippen molar-refractivity contribution in [2.75, 3.05) is 26.5 Å². The first kappa shape index (κ1) is 16.1. The van der Waals surface area contributed by atoms with Gasteiger partial charge in [-0.15, -0.1) is 0 Å². The van der Waals surface area contributed by atoms with Gasteiger partial charge in [-0.1, -0.05) is 26.0 Å². The Kier molecular flexibility index (Phi) is 5.52. The van der Waals surface area contributed by atoms with E-state index in [0.29, 0.717) is 4.90 Å². The van der Waals surface area contributed by atoms with E-state index in [1.54, 1.807) is 19.1 Å². The highest BCUT2D eigenvalue weighted by atomic mass is 32.2. The summed E-state index contributed by atoms with van der Waals surface area (Å²) in [7, 11) is 0.754. The average Bonchev–Trinajstić information content (AvgIpc) is 2.39. The van der Waals surface area contributed by atoms with E-state index in [9.17, 15) is 13.5 Å². The third kappa shape index (κ3) is 3.78. The van der Waals surface area contributed by atoms with Gasteiger partial charge >= 0.3 is 0 Å². The van der Waals surface area contributed by atoms with Gasteiger partial charge in [-0.25, -0.2) is 8.42 Å². The second-order valence-electron chi connectivity index (χ2n) is 5.04. The Morgan fingerprint density at radius 1 is 1.21 bits per heavy atom. The molecule has 0 aliphatic rings. The lowest BCUT2D eigenvalue weighted by atomic mass is 9.94. The fourth-order valence-corrected chi connectivity index (χ4v) is 3.16. The van der Waals surface area contributed by atoms with Crippen LogP contribution in [0.1, 0.15) is 25.5 Å². The van der Waals surface area contributed by atoms with Crippen LogP contribution in [0.25, 0.3) is 0 Å². The molecule has 0 aliphatic heterocycles. The molecule has 0 saturated heterocycles. The van der Waals surface area contributed by atoms with E-state index in [4.69, 9.17) is 0 Å². The highest BCUT2D eigenvalue weighted by molar-refractivity contribution is 7.91. The molecule has 0 amide bonds. The summed E-state index contributed by atoms with van der Waals surface area (Å²) in [4.78, 5) is 2.39. The Hall–Kier alpha value is -0.910. The van der Waals surface area contributed by atoms with E-state index in [-0.39, 0.29) is 24.3 Å². The topological polar surface area (TPSA) is 57.6 Å². The van der Waals surface area contributed by atoms with E-state index < -0.39 is 9.84 Å². The number of nitrogens with zero attached hydrogens (tertiary/aromatic N) is 1. The van der Waals surface area contributed by atoms with Crippen LogP contribution in [0.4, 0.5) is 0 Å². The van der Waals surface area contributed by atoms with Crippen LogP contribution < -0.4 is 0 Å². The molecular formula is C14H23NO3S. The first-order valence-electron chi connectivity index (χ1n) is 6.43. The number of aliphatic hydroxyl groups is 1. The molecule has 1 aromatic carbocycles. The Bertz CT molecular complexity index is 494. The zero-order valence-corrected chi connectivity index (χ0v) is 12.8. The molecule has 0 saturated carbocycles. The summed E-state index contributed by atoms with van der Waals surface area (Å²) < 4.78 is 23.5. The second-order valence-corrected chi connectivity index (χ2v) is 7.32. The summed E-state index contributed by atoms with van der Waals surface area (Å²) in [6, 6.07) is 7.03. The van der Waals surface area contributed by atoms with Gasteiger partial charge in [-0.05, 0) is 37.7 Å². The van der Waals surface area contributed by atoms with Crippen molar-refractivity contribution < 1.29 is 13.5 Å². The summed E-state index contributed by atoms with van der Waals surface area (Å²) in [6.07, 6.45) is 0. The molecule has 1 aromatic rings. The SMILES string of the molecule is CCS(=O)(=O)c1ccc(C(C(C)CO)N(C)C)cc1. The monoisotopic (exact) mass is 285 g/mol. The first-order valence-corrected chi connectivity index (χ1v) is 8.08. The maximum atomic E-state index is 11.8. The van der Waals surface area contributed by atoms with Crippen LogP contribution in [0.3, 0.4) is 0 Å². The minimum absolute atomic E-state index is 0.0726. The summed E-state index contributed by atoms with van der Waals surface area (Å²) >= 11 is 0. The molecule has 1 rings (SSSR count). The Morgan fingerprint density at radius 3 is 2.11 bits per heavy atom. The lowest BCUT2D eigenvalue weighted by molar-refractivity contribution is 0.145. The van der Waals surface area contributed by atoms with Crippen molar-refractivity contribution >= 4 is 9.84 Å². The summed E-state index contributed by atoms with van der Waals surface area (Å²) in [6.45, 7) is 3.71. The molecular weight excluding hydrogens is 262 g/mol. The number of hydrogen-bond acceptors (Lipinski definition) is 4. The van der Waals surface area contributed by atoms with Gasteiger partial charge in [0.1, 0.15) is 0 Å². The van der Waals surface area contributed by atoms with Crippen LogP contribution in [0.15, 0.2) is 29.2 Å². The number of sulfone groups is 1. The van der Waals surface area contributed by atoms with E-state index in [0.717, 1.165) is 5.56 Å². The normalized spacial score (nSPS) is 15.5. The van der Waals surface area contributed by atoms with Crippen molar-refractivity contribution in [3.05, 3.63) is 29.8 Å².